The number of nitrogens with zero attached hydrogens (tertiary/aromatic N) is 9. The molecule has 0 saturated heterocycles. The van der Waals surface area contributed by atoms with Crippen molar-refractivity contribution < 1.29 is 50.2 Å². The molecule has 0 aliphatic rings. The summed E-state index contributed by atoms with van der Waals surface area (Å²) in [6, 6.07) is 22.8. The number of aromatic nitrogens is 9. The van der Waals surface area contributed by atoms with Crippen LogP contribution >= 0.6 is 22.7 Å². The molecule has 0 fully saturated rings. The zero-order valence-corrected chi connectivity index (χ0v) is 39.8. The highest BCUT2D eigenvalue weighted by Gasteiger charge is 2.32. The van der Waals surface area contributed by atoms with Crippen LogP contribution < -0.4 is 31.2 Å². The Morgan fingerprint density at radius 1 is 0.528 bits per heavy atom. The molecule has 0 aliphatic carbocycles. The van der Waals surface area contributed by atoms with Crippen LogP contribution in [0.25, 0.3) is 0 Å². The van der Waals surface area contributed by atoms with Gasteiger partial charge in [0.2, 0.25) is 28.0 Å². The van der Waals surface area contributed by atoms with Gasteiger partial charge < -0.3 is 31.2 Å². The van der Waals surface area contributed by atoms with E-state index in [4.69, 9.17) is 5.73 Å². The monoisotopic (exact) mass is 1040 g/mol. The highest BCUT2D eigenvalue weighted by Crippen LogP contribution is 2.25. The number of ether oxygens (including phenoxy) is 2. The van der Waals surface area contributed by atoms with E-state index < -0.39 is 30.3 Å². The highest BCUT2D eigenvalue weighted by atomic mass is 32.1. The van der Waals surface area contributed by atoms with Crippen molar-refractivity contribution in [1.29, 1.82) is 0 Å². The number of carbonyl (C=O) groups excluding carboxylic acids is 3. The molecule has 72 heavy (non-hydrogen) atoms. The third kappa shape index (κ3) is 19.9. The van der Waals surface area contributed by atoms with E-state index in [1.807, 2.05) is 19.1 Å². The molecule has 0 bridgehead atoms. The number of unbranched alkanes of at least 4 members (excludes halogenated alkanes) is 2. The van der Waals surface area contributed by atoms with Crippen molar-refractivity contribution in [3.8, 4) is 11.5 Å². The van der Waals surface area contributed by atoms with Crippen LogP contribution in [0.3, 0.4) is 0 Å². The lowest BCUT2D eigenvalue weighted by Gasteiger charge is -2.10. The topological polar surface area (TPSA) is 248 Å². The number of aryl methyl sites for hydroxylation is 5. The minimum atomic E-state index is -4.81. The SMILES string of the molecule is Cc1cccc(CC(=O)Nc2nnc(CCCCc3ccc(NC(=O)Cc4cccc(OC(F)(F)F)c4)nn3)s2)n1.Nc1nnc(CCCCc2ccc(NC(=O)Cc3cccc(OC(F)(F)F)c3)nn2)s1. The molecule has 0 spiro atoms. The fraction of sp³-hybridized carbons (Fsp3) is 0.304. The summed E-state index contributed by atoms with van der Waals surface area (Å²) in [6.07, 6.45) is -3.39. The zero-order valence-electron chi connectivity index (χ0n) is 38.2. The summed E-state index contributed by atoms with van der Waals surface area (Å²) in [5.74, 6) is -1.34. The number of nitrogens with two attached hydrogens (primary N) is 1. The molecule has 0 unspecified atom stereocenters. The van der Waals surface area contributed by atoms with E-state index in [1.54, 1.807) is 30.3 Å². The van der Waals surface area contributed by atoms with Gasteiger partial charge in [0.15, 0.2) is 11.6 Å². The van der Waals surface area contributed by atoms with Crippen LogP contribution in [0.4, 0.5) is 48.2 Å². The molecule has 5 aromatic heterocycles. The summed E-state index contributed by atoms with van der Waals surface area (Å²) < 4.78 is 81.9. The number of hydrogen-bond donors (Lipinski definition) is 4. The van der Waals surface area contributed by atoms with Gasteiger partial charge in [0.25, 0.3) is 0 Å². The Morgan fingerprint density at radius 2 is 1.01 bits per heavy atom. The fourth-order valence-corrected chi connectivity index (χ4v) is 7.98. The van der Waals surface area contributed by atoms with Gasteiger partial charge in [0, 0.05) is 24.2 Å². The molecule has 2 aromatic carbocycles. The Bertz CT molecular complexity index is 2870. The normalized spacial score (nSPS) is 11.3. The Kier molecular flexibility index (Phi) is 19.3. The fourth-order valence-electron chi connectivity index (χ4n) is 6.53. The van der Waals surface area contributed by atoms with Crippen LogP contribution in [-0.4, -0.2) is 76.2 Å². The van der Waals surface area contributed by atoms with Gasteiger partial charge >= 0.3 is 12.7 Å². The van der Waals surface area contributed by atoms with Crippen molar-refractivity contribution in [3.63, 3.8) is 0 Å². The van der Waals surface area contributed by atoms with Crippen LogP contribution in [0.2, 0.25) is 0 Å². The standard InChI is InChI=1S/C27H26F3N7O3S.C19H19F3N6O2S/c1-17-6-4-9-20(31-17)16-24(39)33-26-37-36-25(41-26)11-3-2-8-19-12-13-22(35-34-19)32-23(38)15-18-7-5-10-21(14-18)40-27(28,29)30;20-19(21,22)30-14-6-3-4-12(10-14)11-16(29)24-15-9-8-13(25-26-15)5-1-2-7-17-27-28-18(23)31-17/h4-7,9-10,12-14H,2-3,8,11,15-16H2,1H3,(H,32,35,38)(H,33,37,39);3-4,6,8-10H,1-2,5,7,11H2,(H2,23,28)(H,24,26,29). The Hall–Kier alpha value is -7.74. The van der Waals surface area contributed by atoms with Gasteiger partial charge in [0.05, 0.1) is 30.7 Å². The molecule has 7 rings (SSSR count). The minimum absolute atomic E-state index is 0.130. The molecule has 0 radical (unpaired) electrons. The van der Waals surface area contributed by atoms with Crippen molar-refractivity contribution in [2.24, 2.45) is 0 Å². The minimum Gasteiger partial charge on any atom is -0.406 e. The van der Waals surface area contributed by atoms with E-state index in [9.17, 15) is 40.7 Å². The number of nitrogen functional groups attached to an aromatic ring is 1. The lowest BCUT2D eigenvalue weighted by atomic mass is 10.1. The second-order valence-electron chi connectivity index (χ2n) is 15.6. The average molecular weight is 1040 g/mol. The molecule has 18 nitrogen and oxygen atoms in total. The van der Waals surface area contributed by atoms with Gasteiger partial charge in [-0.3, -0.25) is 19.4 Å². The molecule has 7 aromatic rings. The summed E-state index contributed by atoms with van der Waals surface area (Å²) in [5.41, 5.74) is 9.35. The Balaban J connectivity index is 0.000000245. The van der Waals surface area contributed by atoms with Crippen molar-refractivity contribution in [3.05, 3.63) is 135 Å². The van der Waals surface area contributed by atoms with E-state index in [0.717, 1.165) is 83.8 Å². The lowest BCUT2D eigenvalue weighted by Crippen LogP contribution is -2.18. The molecular formula is C46H45F6N13O5S2. The van der Waals surface area contributed by atoms with Crippen molar-refractivity contribution in [1.82, 2.24) is 45.8 Å². The number of nitrogens with one attached hydrogen (secondary N) is 3. The third-order valence-corrected chi connectivity index (χ3v) is 11.3. The predicted molar refractivity (Wildman–Crippen MR) is 254 cm³/mol. The van der Waals surface area contributed by atoms with Crippen LogP contribution in [-0.2, 0) is 59.3 Å². The first kappa shape index (κ1) is 53.6. The van der Waals surface area contributed by atoms with Crippen LogP contribution in [0.5, 0.6) is 11.5 Å². The number of pyridine rings is 1. The lowest BCUT2D eigenvalue weighted by molar-refractivity contribution is -0.275. The summed E-state index contributed by atoms with van der Waals surface area (Å²) in [6.45, 7) is 1.87. The summed E-state index contributed by atoms with van der Waals surface area (Å²) in [7, 11) is 0. The maximum Gasteiger partial charge on any atom is 0.573 e. The molecule has 26 heteroatoms. The van der Waals surface area contributed by atoms with Crippen LogP contribution in [0.1, 0.15) is 69.6 Å². The molecule has 5 N–H and O–H groups in total. The maximum atomic E-state index is 12.4. The highest BCUT2D eigenvalue weighted by molar-refractivity contribution is 7.15. The number of amides is 3. The van der Waals surface area contributed by atoms with Gasteiger partial charge in [-0.25, -0.2) is 0 Å². The number of alkyl halides is 6. The number of benzene rings is 2. The van der Waals surface area contributed by atoms with Gasteiger partial charge in [-0.1, -0.05) is 53.0 Å². The van der Waals surface area contributed by atoms with Crippen molar-refractivity contribution in [2.45, 2.75) is 90.3 Å². The van der Waals surface area contributed by atoms with Gasteiger partial charge in [-0.2, -0.15) is 10.2 Å². The molecule has 378 valence electrons. The summed E-state index contributed by atoms with van der Waals surface area (Å²) in [5, 5.41) is 42.6. The summed E-state index contributed by atoms with van der Waals surface area (Å²) >= 11 is 2.71. The molecular weight excluding hydrogens is 993 g/mol. The largest absolute Gasteiger partial charge is 0.573 e. The quantitative estimate of drug-likeness (QED) is 0.0390. The van der Waals surface area contributed by atoms with Gasteiger partial charge in [0.1, 0.15) is 21.5 Å². The van der Waals surface area contributed by atoms with Gasteiger partial charge in [-0.15, -0.1) is 56.9 Å². The molecule has 3 amide bonds. The molecule has 0 aliphatic heterocycles. The van der Waals surface area contributed by atoms with Crippen LogP contribution in [0.15, 0.2) is 91.0 Å². The first-order chi connectivity index (χ1) is 34.4. The molecule has 5 heterocycles. The Labute approximate surface area is 415 Å². The van der Waals surface area contributed by atoms with E-state index in [-0.39, 0.29) is 42.6 Å². The molecule has 0 atom stereocenters. The second-order valence-corrected chi connectivity index (χ2v) is 17.8. The second kappa shape index (κ2) is 25.9. The summed E-state index contributed by atoms with van der Waals surface area (Å²) in [4.78, 5) is 41.0. The number of anilines is 4. The first-order valence-electron chi connectivity index (χ1n) is 21.9. The van der Waals surface area contributed by atoms with Crippen molar-refractivity contribution in [2.75, 3.05) is 21.7 Å². The Morgan fingerprint density at radius 3 is 1.49 bits per heavy atom. The smallest absolute Gasteiger partial charge is 0.406 e. The van der Waals surface area contributed by atoms with Crippen LogP contribution in [0, 0.1) is 6.92 Å². The number of carbonyl (C=O) groups is 3. The van der Waals surface area contributed by atoms with E-state index in [1.165, 1.54) is 53.0 Å². The molecule has 0 saturated carbocycles. The first-order valence-corrected chi connectivity index (χ1v) is 23.6. The van der Waals surface area contributed by atoms with E-state index >= 15 is 0 Å². The predicted octanol–water partition coefficient (Wildman–Crippen LogP) is 8.41. The van der Waals surface area contributed by atoms with Crippen molar-refractivity contribution >= 4 is 62.3 Å². The van der Waals surface area contributed by atoms with E-state index in [0.29, 0.717) is 39.9 Å². The number of halogens is 6. The zero-order chi connectivity index (χ0) is 51.5. The van der Waals surface area contributed by atoms with Gasteiger partial charge in [-0.05, 0) is 117 Å². The maximum absolute atomic E-state index is 12.4. The third-order valence-electron chi connectivity index (χ3n) is 9.60. The van der Waals surface area contributed by atoms with E-state index in [2.05, 4.69) is 71.2 Å². The number of rotatable bonds is 21. The number of hydrogen-bond acceptors (Lipinski definition) is 17. The average Bonchev–Trinajstić information content (AvgIpc) is 3.94.